The van der Waals surface area contributed by atoms with Gasteiger partial charge in [0.05, 0.1) is 12.3 Å². The molecule has 0 fully saturated rings. The van der Waals surface area contributed by atoms with Crippen LogP contribution in [0.3, 0.4) is 0 Å². The lowest BCUT2D eigenvalue weighted by atomic mass is 11.0. The summed E-state index contributed by atoms with van der Waals surface area (Å²) in [6.07, 6.45) is -0.512. The van der Waals surface area contributed by atoms with E-state index in [9.17, 15) is 18.3 Å². The lowest BCUT2D eigenvalue weighted by Gasteiger charge is -1.69. The van der Waals surface area contributed by atoms with Gasteiger partial charge in [-0.15, -0.1) is 0 Å². The van der Waals surface area contributed by atoms with Crippen LogP contribution in [0.1, 0.15) is 0 Å². The second-order valence-corrected chi connectivity index (χ2v) is 3.34. The number of hydrogen-bond acceptors (Lipinski definition) is 4. The Kier molecular flexibility index (Phi) is 3.67. The topological polar surface area (TPSA) is 68.3 Å². The molecule has 0 aromatic heterocycles. The molecule has 0 amide bonds. The molecular formula is C2H4O4P2. The summed E-state index contributed by atoms with van der Waals surface area (Å²) in [6.45, 7) is 0. The van der Waals surface area contributed by atoms with Crippen LogP contribution in [0.25, 0.3) is 0 Å². The predicted molar refractivity (Wildman–Crippen MR) is 26.3 cm³/mol. The van der Waals surface area contributed by atoms with Crippen LogP contribution in [-0.4, -0.2) is 12.3 Å². The van der Waals surface area contributed by atoms with Crippen molar-refractivity contribution >= 4 is 15.4 Å². The highest BCUT2D eigenvalue weighted by molar-refractivity contribution is 7.35. The Bertz CT molecular complexity index is 150. The first-order chi connectivity index (χ1) is 3.63. The fourth-order valence-corrected chi connectivity index (χ4v) is 1.47. The minimum Gasteiger partial charge on any atom is -0.237 e. The first-order valence-electron chi connectivity index (χ1n) is 1.86. The molecule has 0 N–H and O–H groups in total. The Morgan fingerprint density at radius 3 is 1.12 bits per heavy atom. The third-order valence-electron chi connectivity index (χ3n) is 0.465. The van der Waals surface area contributed by atoms with Crippen LogP contribution in [0.15, 0.2) is 0 Å². The summed E-state index contributed by atoms with van der Waals surface area (Å²) >= 11 is 0. The van der Waals surface area contributed by atoms with E-state index in [2.05, 4.69) is 0 Å². The Hall–Kier alpha value is -0.200. The smallest absolute Gasteiger partial charge is 0.237 e. The highest BCUT2D eigenvalue weighted by Gasteiger charge is 1.94. The lowest BCUT2D eigenvalue weighted by molar-refractivity contribution is 0.508. The van der Waals surface area contributed by atoms with E-state index in [1.807, 2.05) is 0 Å². The van der Waals surface area contributed by atoms with Crippen molar-refractivity contribution < 1.29 is 18.3 Å². The normalized spacial score (nSPS) is 8.50. The molecule has 0 saturated heterocycles. The van der Waals surface area contributed by atoms with Gasteiger partial charge in [-0.25, -0.2) is 18.3 Å². The van der Waals surface area contributed by atoms with Crippen LogP contribution in [0, 0.1) is 0 Å². The van der Waals surface area contributed by atoms with Crippen LogP contribution in [0.4, 0.5) is 0 Å². The van der Waals surface area contributed by atoms with Gasteiger partial charge in [-0.05, 0) is 0 Å². The van der Waals surface area contributed by atoms with Gasteiger partial charge in [-0.1, -0.05) is 0 Å². The maximum absolute atomic E-state index is 9.67. The van der Waals surface area contributed by atoms with Crippen molar-refractivity contribution in [3.8, 4) is 0 Å². The van der Waals surface area contributed by atoms with E-state index in [1.54, 1.807) is 0 Å². The highest BCUT2D eigenvalue weighted by Crippen LogP contribution is 2.09. The molecule has 0 saturated carbocycles. The molecule has 0 aliphatic rings. The monoisotopic (exact) mass is 154 g/mol. The molecule has 8 heavy (non-hydrogen) atoms. The van der Waals surface area contributed by atoms with Gasteiger partial charge in [0.15, 0.2) is 0 Å². The van der Waals surface area contributed by atoms with Gasteiger partial charge in [0.1, 0.15) is 0 Å². The first-order valence-corrected chi connectivity index (χ1v) is 4.59. The molecule has 0 bridgehead atoms. The zero-order valence-corrected chi connectivity index (χ0v) is 5.73. The highest BCUT2D eigenvalue weighted by atomic mass is 31.1. The average Bonchev–Trinajstić information content (AvgIpc) is 1.61. The molecule has 0 heterocycles. The first kappa shape index (κ1) is 7.80. The molecule has 6 heteroatoms. The molecule has 0 aliphatic carbocycles. The Morgan fingerprint density at radius 1 is 0.750 bits per heavy atom. The van der Waals surface area contributed by atoms with Crippen LogP contribution in [-0.2, 0) is 18.3 Å². The van der Waals surface area contributed by atoms with Crippen molar-refractivity contribution in [2.24, 2.45) is 0 Å². The number of rotatable bonds is 3. The van der Waals surface area contributed by atoms with Gasteiger partial charge in [0.2, 0.25) is 0 Å². The van der Waals surface area contributed by atoms with Gasteiger partial charge in [-0.3, -0.25) is 0 Å². The fraction of sp³-hybridized carbons (Fsp3) is 1.00. The molecule has 0 radical (unpaired) electrons. The molecule has 46 valence electrons. The largest absolute Gasteiger partial charge is 0.316 e. The minimum absolute atomic E-state index is 0.256. The quantitative estimate of drug-likeness (QED) is 0.575. The molecule has 0 unspecified atom stereocenters. The Labute approximate surface area is 46.9 Å². The maximum Gasteiger partial charge on any atom is 0.316 e. The summed E-state index contributed by atoms with van der Waals surface area (Å²) in [5.74, 6) is 0. The summed E-state index contributed by atoms with van der Waals surface area (Å²) < 4.78 is 38.7. The van der Waals surface area contributed by atoms with E-state index >= 15 is 0 Å². The molecule has 0 spiro atoms. The van der Waals surface area contributed by atoms with E-state index in [1.165, 1.54) is 0 Å². The summed E-state index contributed by atoms with van der Waals surface area (Å²) in [5, 5.41) is 0. The summed E-state index contributed by atoms with van der Waals surface area (Å²) in [7, 11) is -5.03. The van der Waals surface area contributed by atoms with Crippen LogP contribution >= 0.6 is 15.4 Å². The molecule has 4 nitrogen and oxygen atoms in total. The standard InChI is InChI=1S/C2H4O4P2/c3-7(4)1-2-8(5)6/h1-2H2. The van der Waals surface area contributed by atoms with E-state index in [0.29, 0.717) is 0 Å². The zero-order valence-electron chi connectivity index (χ0n) is 3.94. The second kappa shape index (κ2) is 3.76. The molecule has 0 aliphatic heterocycles. The van der Waals surface area contributed by atoms with Crippen molar-refractivity contribution in [2.45, 2.75) is 0 Å². The summed E-state index contributed by atoms with van der Waals surface area (Å²) in [6, 6.07) is 0. The molecule has 0 rings (SSSR count). The average molecular weight is 154 g/mol. The van der Waals surface area contributed by atoms with Gasteiger partial charge >= 0.3 is 15.4 Å². The van der Waals surface area contributed by atoms with Crippen molar-refractivity contribution in [1.82, 2.24) is 0 Å². The minimum atomic E-state index is -2.52. The van der Waals surface area contributed by atoms with Crippen LogP contribution in [0.2, 0.25) is 0 Å². The Balaban J connectivity index is 3.48. The van der Waals surface area contributed by atoms with E-state index in [4.69, 9.17) is 0 Å². The lowest BCUT2D eigenvalue weighted by Crippen LogP contribution is -1.72. The second-order valence-electron chi connectivity index (χ2n) is 1.11. The molecule has 0 aromatic carbocycles. The predicted octanol–water partition coefficient (Wildman–Crippen LogP) is 1.33. The number of hydrogen-bond donors (Lipinski definition) is 0. The van der Waals surface area contributed by atoms with Gasteiger partial charge in [-0.2, -0.15) is 0 Å². The van der Waals surface area contributed by atoms with Crippen molar-refractivity contribution in [3.05, 3.63) is 0 Å². The van der Waals surface area contributed by atoms with Crippen molar-refractivity contribution in [2.75, 3.05) is 12.3 Å². The summed E-state index contributed by atoms with van der Waals surface area (Å²) in [4.78, 5) is 0. The van der Waals surface area contributed by atoms with E-state index < -0.39 is 15.4 Å². The SMILES string of the molecule is O=P(=O)CCP(=O)=O. The van der Waals surface area contributed by atoms with E-state index in [-0.39, 0.29) is 12.3 Å². The van der Waals surface area contributed by atoms with E-state index in [0.717, 1.165) is 0 Å². The third-order valence-corrected chi connectivity index (χ3v) is 2.00. The summed E-state index contributed by atoms with van der Waals surface area (Å²) in [5.41, 5.74) is 0. The van der Waals surface area contributed by atoms with Crippen molar-refractivity contribution in [3.63, 3.8) is 0 Å². The fourth-order valence-electron chi connectivity index (χ4n) is 0.163. The van der Waals surface area contributed by atoms with Crippen molar-refractivity contribution in [1.29, 1.82) is 0 Å². The molecule has 0 atom stereocenters. The zero-order chi connectivity index (χ0) is 6.57. The van der Waals surface area contributed by atoms with Crippen LogP contribution < -0.4 is 0 Å². The molecular weight excluding hydrogens is 150 g/mol. The van der Waals surface area contributed by atoms with Gasteiger partial charge in [0.25, 0.3) is 0 Å². The molecule has 0 aromatic rings. The van der Waals surface area contributed by atoms with Gasteiger partial charge in [0, 0.05) is 0 Å². The Morgan fingerprint density at radius 2 is 1.00 bits per heavy atom. The van der Waals surface area contributed by atoms with Gasteiger partial charge < -0.3 is 0 Å². The van der Waals surface area contributed by atoms with Crippen LogP contribution in [0.5, 0.6) is 0 Å². The maximum atomic E-state index is 9.67. The third kappa shape index (κ3) is 5.80.